The topological polar surface area (TPSA) is 85.8 Å². The van der Waals surface area contributed by atoms with Crippen LogP contribution in [-0.4, -0.2) is 64.4 Å². The molecular formula is C23H24N4O3. The number of amides is 2. The van der Waals surface area contributed by atoms with Crippen LogP contribution in [0.4, 0.5) is 5.69 Å². The summed E-state index contributed by atoms with van der Waals surface area (Å²) >= 11 is 0. The van der Waals surface area contributed by atoms with Crippen LogP contribution in [0, 0.1) is 0 Å². The van der Waals surface area contributed by atoms with Crippen LogP contribution in [0.1, 0.15) is 16.9 Å². The number of phenolic OH excluding ortho intramolecular Hbond substituents is 1. The van der Waals surface area contributed by atoms with Gasteiger partial charge in [0, 0.05) is 37.3 Å². The van der Waals surface area contributed by atoms with Crippen LogP contribution in [0.2, 0.25) is 0 Å². The van der Waals surface area contributed by atoms with Gasteiger partial charge in [-0.05, 0) is 30.7 Å². The van der Waals surface area contributed by atoms with Crippen LogP contribution in [0.5, 0.6) is 5.75 Å². The molecule has 1 aromatic heterocycles. The predicted molar refractivity (Wildman–Crippen MR) is 115 cm³/mol. The highest BCUT2D eigenvalue weighted by molar-refractivity contribution is 5.96. The maximum Gasteiger partial charge on any atom is 0.272 e. The molecule has 1 saturated heterocycles. The van der Waals surface area contributed by atoms with E-state index in [4.69, 9.17) is 0 Å². The molecule has 0 spiro atoms. The van der Waals surface area contributed by atoms with Gasteiger partial charge in [0.25, 0.3) is 5.91 Å². The lowest BCUT2D eigenvalue weighted by Gasteiger charge is -2.21. The fraction of sp³-hybridized carbons (Fsp3) is 0.261. The third kappa shape index (κ3) is 4.58. The van der Waals surface area contributed by atoms with E-state index in [0.717, 1.165) is 24.0 Å². The van der Waals surface area contributed by atoms with E-state index in [-0.39, 0.29) is 17.6 Å². The number of rotatable bonds is 4. The Labute approximate surface area is 174 Å². The van der Waals surface area contributed by atoms with Crippen molar-refractivity contribution in [1.29, 1.82) is 0 Å². The van der Waals surface area contributed by atoms with Crippen molar-refractivity contribution in [3.05, 3.63) is 66.4 Å². The summed E-state index contributed by atoms with van der Waals surface area (Å²) in [6.07, 6.45) is 0.781. The Hall–Kier alpha value is -3.45. The van der Waals surface area contributed by atoms with Gasteiger partial charge in [0.15, 0.2) is 0 Å². The molecular weight excluding hydrogens is 380 g/mol. The van der Waals surface area contributed by atoms with Crippen LogP contribution in [0.3, 0.4) is 0 Å². The number of phenols is 1. The van der Waals surface area contributed by atoms with Crippen molar-refractivity contribution in [2.45, 2.75) is 6.42 Å². The zero-order valence-corrected chi connectivity index (χ0v) is 16.6. The number of hydrogen-bond donors (Lipinski definition) is 2. The summed E-state index contributed by atoms with van der Waals surface area (Å²) in [5.74, 6) is -0.156. The van der Waals surface area contributed by atoms with Crippen molar-refractivity contribution in [2.24, 2.45) is 0 Å². The van der Waals surface area contributed by atoms with E-state index in [1.165, 1.54) is 0 Å². The highest BCUT2D eigenvalue weighted by atomic mass is 16.3. The smallest absolute Gasteiger partial charge is 0.272 e. The molecule has 0 radical (unpaired) electrons. The largest absolute Gasteiger partial charge is 0.506 e. The summed E-state index contributed by atoms with van der Waals surface area (Å²) in [5.41, 5.74) is 1.52. The monoisotopic (exact) mass is 404 g/mol. The molecule has 154 valence electrons. The van der Waals surface area contributed by atoms with Gasteiger partial charge in [-0.3, -0.25) is 14.5 Å². The lowest BCUT2D eigenvalue weighted by atomic mass is 10.2. The first-order valence-corrected chi connectivity index (χ1v) is 10.1. The number of benzene rings is 2. The number of aromatic nitrogens is 1. The molecule has 1 aliphatic rings. The molecule has 2 N–H and O–H groups in total. The van der Waals surface area contributed by atoms with Crippen molar-refractivity contribution < 1.29 is 14.7 Å². The Morgan fingerprint density at radius 2 is 1.77 bits per heavy atom. The number of nitrogens with zero attached hydrogens (tertiary/aromatic N) is 3. The third-order valence-corrected chi connectivity index (χ3v) is 5.22. The quantitative estimate of drug-likeness (QED) is 0.698. The number of para-hydroxylation sites is 2. The minimum atomic E-state index is -0.157. The van der Waals surface area contributed by atoms with Gasteiger partial charge < -0.3 is 15.3 Å². The first kappa shape index (κ1) is 19.8. The van der Waals surface area contributed by atoms with Crippen LogP contribution in [0.25, 0.3) is 10.9 Å². The molecule has 0 bridgehead atoms. The van der Waals surface area contributed by atoms with E-state index in [0.29, 0.717) is 37.4 Å². The second-order valence-electron chi connectivity index (χ2n) is 7.38. The maximum absolute atomic E-state index is 13.0. The van der Waals surface area contributed by atoms with Gasteiger partial charge in [0.05, 0.1) is 6.54 Å². The molecule has 0 saturated carbocycles. The Bertz CT molecular complexity index is 1050. The highest BCUT2D eigenvalue weighted by Gasteiger charge is 2.22. The highest BCUT2D eigenvalue weighted by Crippen LogP contribution is 2.23. The first-order valence-electron chi connectivity index (χ1n) is 10.1. The van der Waals surface area contributed by atoms with Crippen molar-refractivity contribution in [1.82, 2.24) is 14.8 Å². The molecule has 3 aromatic rings. The Kier molecular flexibility index (Phi) is 5.90. The molecule has 2 aromatic carbocycles. The number of pyridine rings is 1. The van der Waals surface area contributed by atoms with E-state index >= 15 is 0 Å². The molecule has 2 amide bonds. The van der Waals surface area contributed by atoms with E-state index in [1.807, 2.05) is 36.4 Å². The lowest BCUT2D eigenvalue weighted by molar-refractivity contribution is -0.117. The van der Waals surface area contributed by atoms with Crippen LogP contribution in [0.15, 0.2) is 60.7 Å². The van der Waals surface area contributed by atoms with Crippen molar-refractivity contribution >= 4 is 28.4 Å². The van der Waals surface area contributed by atoms with Crippen LogP contribution < -0.4 is 5.32 Å². The molecule has 0 atom stereocenters. The average Bonchev–Trinajstić information content (AvgIpc) is 2.99. The molecule has 1 aliphatic heterocycles. The van der Waals surface area contributed by atoms with Gasteiger partial charge in [0.2, 0.25) is 5.91 Å². The van der Waals surface area contributed by atoms with Crippen molar-refractivity contribution in [3.63, 3.8) is 0 Å². The summed E-state index contributed by atoms with van der Waals surface area (Å²) in [7, 11) is 0. The average molecular weight is 404 g/mol. The van der Waals surface area contributed by atoms with Gasteiger partial charge in [-0.1, -0.05) is 36.4 Å². The Morgan fingerprint density at radius 3 is 2.60 bits per heavy atom. The number of aromatic hydroxyl groups is 1. The molecule has 0 unspecified atom stereocenters. The Balaban J connectivity index is 1.37. The van der Waals surface area contributed by atoms with Gasteiger partial charge >= 0.3 is 0 Å². The standard InChI is InChI=1S/C23H24N4O3/c28-20-9-4-6-17-10-11-19(25-22(17)20)23(30)27-13-5-12-26(14-15-27)16-21(29)24-18-7-2-1-3-8-18/h1-4,6-11,28H,5,12-16H2,(H,24,29). The SMILES string of the molecule is O=C(CN1CCCN(C(=O)c2ccc3cccc(O)c3n2)CC1)Nc1ccccc1. The first-order chi connectivity index (χ1) is 14.6. The van der Waals surface area contributed by atoms with Gasteiger partial charge in [-0.2, -0.15) is 0 Å². The number of carbonyl (C=O) groups is 2. The summed E-state index contributed by atoms with van der Waals surface area (Å²) < 4.78 is 0. The van der Waals surface area contributed by atoms with Gasteiger partial charge in [-0.25, -0.2) is 4.98 Å². The molecule has 30 heavy (non-hydrogen) atoms. The molecule has 4 rings (SSSR count). The normalized spacial score (nSPS) is 15.0. The minimum Gasteiger partial charge on any atom is -0.506 e. The van der Waals surface area contributed by atoms with E-state index in [9.17, 15) is 14.7 Å². The lowest BCUT2D eigenvalue weighted by Crippen LogP contribution is -2.38. The Morgan fingerprint density at radius 1 is 0.933 bits per heavy atom. The number of hydrogen-bond acceptors (Lipinski definition) is 5. The predicted octanol–water partition coefficient (Wildman–Crippen LogP) is 2.73. The number of fused-ring (bicyclic) bond motifs is 1. The number of nitrogens with one attached hydrogen (secondary N) is 1. The summed E-state index contributed by atoms with van der Waals surface area (Å²) in [4.78, 5) is 33.5. The molecule has 0 aliphatic carbocycles. The maximum atomic E-state index is 13.0. The fourth-order valence-corrected chi connectivity index (χ4v) is 3.67. The van der Waals surface area contributed by atoms with E-state index in [2.05, 4.69) is 15.2 Å². The van der Waals surface area contributed by atoms with Crippen molar-refractivity contribution in [3.8, 4) is 5.75 Å². The third-order valence-electron chi connectivity index (χ3n) is 5.22. The second kappa shape index (κ2) is 8.92. The molecule has 7 nitrogen and oxygen atoms in total. The summed E-state index contributed by atoms with van der Waals surface area (Å²) in [5, 5.41) is 13.7. The van der Waals surface area contributed by atoms with E-state index < -0.39 is 0 Å². The zero-order valence-electron chi connectivity index (χ0n) is 16.6. The molecule has 7 heteroatoms. The second-order valence-corrected chi connectivity index (χ2v) is 7.38. The van der Waals surface area contributed by atoms with Crippen molar-refractivity contribution in [2.75, 3.05) is 38.0 Å². The van der Waals surface area contributed by atoms with Gasteiger partial charge in [-0.15, -0.1) is 0 Å². The minimum absolute atomic E-state index is 0.0624. The number of anilines is 1. The fourth-order valence-electron chi connectivity index (χ4n) is 3.67. The zero-order chi connectivity index (χ0) is 20.9. The van der Waals surface area contributed by atoms with E-state index in [1.54, 1.807) is 29.2 Å². The summed E-state index contributed by atoms with van der Waals surface area (Å²) in [6.45, 7) is 2.79. The summed E-state index contributed by atoms with van der Waals surface area (Å²) in [6, 6.07) is 18.0. The van der Waals surface area contributed by atoms with Gasteiger partial charge in [0.1, 0.15) is 17.0 Å². The number of carbonyl (C=O) groups excluding carboxylic acids is 2. The van der Waals surface area contributed by atoms with Crippen LogP contribution >= 0.6 is 0 Å². The molecule has 1 fully saturated rings. The van der Waals surface area contributed by atoms with Crippen LogP contribution in [-0.2, 0) is 4.79 Å². The molecule has 2 heterocycles.